The van der Waals surface area contributed by atoms with E-state index in [4.69, 9.17) is 4.74 Å². The number of carbonyl (C=O) groups excluding carboxylic acids is 2. The van der Waals surface area contributed by atoms with Gasteiger partial charge in [0.05, 0.1) is 11.1 Å². The second kappa shape index (κ2) is 6.95. The van der Waals surface area contributed by atoms with Crippen molar-refractivity contribution in [3.8, 4) is 5.75 Å². The zero-order valence-electron chi connectivity index (χ0n) is 14.7. The van der Waals surface area contributed by atoms with Crippen molar-refractivity contribution in [1.82, 2.24) is 5.32 Å². The third-order valence-electron chi connectivity index (χ3n) is 3.65. The number of amides is 3. The average molecular weight is 331 g/mol. The van der Waals surface area contributed by atoms with Crippen molar-refractivity contribution in [1.29, 1.82) is 0 Å². The van der Waals surface area contributed by atoms with Crippen molar-refractivity contribution in [2.45, 2.75) is 33.7 Å². The van der Waals surface area contributed by atoms with Gasteiger partial charge < -0.3 is 20.3 Å². The molecule has 0 aliphatic carbocycles. The first-order valence-corrected chi connectivity index (χ1v) is 8.02. The number of rotatable bonds is 4. The Kier molecular flexibility index (Phi) is 5.17. The Bertz CT molecular complexity index is 653. The van der Waals surface area contributed by atoms with Crippen LogP contribution in [-0.2, 0) is 4.79 Å². The Balaban J connectivity index is 2.31. The molecule has 130 valence electrons. The van der Waals surface area contributed by atoms with Crippen molar-refractivity contribution in [3.63, 3.8) is 0 Å². The zero-order valence-corrected chi connectivity index (χ0v) is 14.7. The van der Waals surface area contributed by atoms with E-state index in [-0.39, 0.29) is 24.6 Å². The van der Waals surface area contributed by atoms with Crippen LogP contribution in [0.5, 0.6) is 5.75 Å². The SMILES string of the molecule is C=CCN1C(=O)C(C)(C)COc2cc(NC(=O)NC(C)C)ccc21. The van der Waals surface area contributed by atoms with Gasteiger partial charge in [0, 0.05) is 24.3 Å². The van der Waals surface area contributed by atoms with Gasteiger partial charge >= 0.3 is 6.03 Å². The summed E-state index contributed by atoms with van der Waals surface area (Å²) in [6.07, 6.45) is 1.69. The first-order valence-electron chi connectivity index (χ1n) is 8.02. The number of anilines is 2. The Morgan fingerprint density at radius 1 is 1.46 bits per heavy atom. The van der Waals surface area contributed by atoms with E-state index >= 15 is 0 Å². The molecule has 0 bridgehead atoms. The molecule has 0 radical (unpaired) electrons. The van der Waals surface area contributed by atoms with Crippen LogP contribution in [0.1, 0.15) is 27.7 Å². The molecule has 1 aromatic carbocycles. The number of urea groups is 1. The van der Waals surface area contributed by atoms with Crippen molar-refractivity contribution < 1.29 is 14.3 Å². The largest absolute Gasteiger partial charge is 0.490 e. The standard InChI is InChI=1S/C18H25N3O3/c1-6-9-21-14-8-7-13(20-17(23)19-12(2)3)10-15(14)24-11-18(4,5)16(21)22/h6-8,10,12H,1,9,11H2,2-5H3,(H2,19,20,23). The first-order chi connectivity index (χ1) is 11.2. The minimum Gasteiger partial charge on any atom is -0.490 e. The molecule has 0 spiro atoms. The zero-order chi connectivity index (χ0) is 17.9. The molecule has 3 amide bonds. The lowest BCUT2D eigenvalue weighted by atomic mass is 9.93. The van der Waals surface area contributed by atoms with Crippen molar-refractivity contribution in [3.05, 3.63) is 30.9 Å². The van der Waals surface area contributed by atoms with Gasteiger partial charge in [-0.2, -0.15) is 0 Å². The first kappa shape index (κ1) is 17.8. The highest BCUT2D eigenvalue weighted by Gasteiger charge is 2.37. The van der Waals surface area contributed by atoms with Gasteiger partial charge in [0.25, 0.3) is 0 Å². The molecule has 0 unspecified atom stereocenters. The molecule has 6 heteroatoms. The maximum absolute atomic E-state index is 12.7. The summed E-state index contributed by atoms with van der Waals surface area (Å²) < 4.78 is 5.85. The van der Waals surface area contributed by atoms with Crippen molar-refractivity contribution in [2.24, 2.45) is 5.41 Å². The van der Waals surface area contributed by atoms with E-state index in [1.54, 1.807) is 29.2 Å². The Hall–Kier alpha value is -2.50. The van der Waals surface area contributed by atoms with Crippen LogP contribution in [0.3, 0.4) is 0 Å². The van der Waals surface area contributed by atoms with Gasteiger partial charge in [-0.3, -0.25) is 4.79 Å². The molecule has 0 saturated carbocycles. The normalized spacial score (nSPS) is 16.0. The molecule has 6 nitrogen and oxygen atoms in total. The number of carbonyl (C=O) groups is 2. The van der Waals surface area contributed by atoms with Crippen LogP contribution in [0.2, 0.25) is 0 Å². The number of hydrogen-bond donors (Lipinski definition) is 2. The summed E-state index contributed by atoms with van der Waals surface area (Å²) in [6.45, 7) is 11.9. The molecule has 0 fully saturated rings. The Morgan fingerprint density at radius 2 is 2.17 bits per heavy atom. The molecule has 0 saturated heterocycles. The fourth-order valence-electron chi connectivity index (χ4n) is 2.46. The lowest BCUT2D eigenvalue weighted by molar-refractivity contribution is -0.127. The van der Waals surface area contributed by atoms with Gasteiger partial charge in [-0.05, 0) is 39.8 Å². The number of nitrogens with one attached hydrogen (secondary N) is 2. The maximum atomic E-state index is 12.7. The fraction of sp³-hybridized carbons (Fsp3) is 0.444. The summed E-state index contributed by atoms with van der Waals surface area (Å²) in [5.74, 6) is 0.553. The minimum absolute atomic E-state index is 0.0144. The predicted octanol–water partition coefficient (Wildman–Crippen LogP) is 3.15. The third kappa shape index (κ3) is 3.88. The lowest BCUT2D eigenvalue weighted by Gasteiger charge is -2.27. The van der Waals surface area contributed by atoms with Crippen LogP contribution in [-0.4, -0.2) is 31.1 Å². The van der Waals surface area contributed by atoms with Crippen LogP contribution in [0.25, 0.3) is 0 Å². The molecule has 2 N–H and O–H groups in total. The van der Waals surface area contributed by atoms with E-state index in [1.165, 1.54) is 0 Å². The van der Waals surface area contributed by atoms with Crippen molar-refractivity contribution in [2.75, 3.05) is 23.4 Å². The number of benzene rings is 1. The van der Waals surface area contributed by atoms with Crippen LogP contribution >= 0.6 is 0 Å². The van der Waals surface area contributed by atoms with Gasteiger partial charge in [0.1, 0.15) is 12.4 Å². The van der Waals surface area contributed by atoms with Gasteiger partial charge in [0.2, 0.25) is 5.91 Å². The Labute approximate surface area is 142 Å². The number of hydrogen-bond acceptors (Lipinski definition) is 3. The smallest absolute Gasteiger partial charge is 0.319 e. The summed E-state index contributed by atoms with van der Waals surface area (Å²) in [4.78, 5) is 26.2. The minimum atomic E-state index is -0.634. The highest BCUT2D eigenvalue weighted by atomic mass is 16.5. The molecule has 1 heterocycles. The number of ether oxygens (including phenoxy) is 1. The molecular formula is C18H25N3O3. The van der Waals surface area contributed by atoms with E-state index in [0.29, 0.717) is 23.7 Å². The average Bonchev–Trinajstić information content (AvgIpc) is 2.57. The summed E-state index contributed by atoms with van der Waals surface area (Å²) in [5, 5.41) is 5.53. The van der Waals surface area contributed by atoms with Gasteiger partial charge in [0.15, 0.2) is 0 Å². The van der Waals surface area contributed by atoms with Crippen molar-refractivity contribution >= 4 is 23.3 Å². The summed E-state index contributed by atoms with van der Waals surface area (Å²) in [7, 11) is 0. The topological polar surface area (TPSA) is 70.7 Å². The molecule has 1 aromatic rings. The molecule has 1 aliphatic heterocycles. The maximum Gasteiger partial charge on any atom is 0.319 e. The molecular weight excluding hydrogens is 306 g/mol. The highest BCUT2D eigenvalue weighted by molar-refractivity contribution is 6.00. The fourth-order valence-corrected chi connectivity index (χ4v) is 2.46. The summed E-state index contributed by atoms with van der Waals surface area (Å²) in [6, 6.07) is 5.04. The molecule has 1 aliphatic rings. The number of fused-ring (bicyclic) bond motifs is 1. The molecule has 0 atom stereocenters. The molecule has 24 heavy (non-hydrogen) atoms. The lowest BCUT2D eigenvalue weighted by Crippen LogP contribution is -2.42. The predicted molar refractivity (Wildman–Crippen MR) is 95.6 cm³/mol. The second-order valence-electron chi connectivity index (χ2n) is 6.81. The summed E-state index contributed by atoms with van der Waals surface area (Å²) >= 11 is 0. The van der Waals surface area contributed by atoms with E-state index in [2.05, 4.69) is 17.2 Å². The second-order valence-corrected chi connectivity index (χ2v) is 6.81. The Morgan fingerprint density at radius 3 is 2.79 bits per heavy atom. The van der Waals surface area contributed by atoms with Crippen LogP contribution in [0.15, 0.2) is 30.9 Å². The van der Waals surface area contributed by atoms with Gasteiger partial charge in [-0.1, -0.05) is 6.08 Å². The quantitative estimate of drug-likeness (QED) is 0.833. The van der Waals surface area contributed by atoms with Gasteiger partial charge in [-0.15, -0.1) is 6.58 Å². The number of nitrogens with zero attached hydrogens (tertiary/aromatic N) is 1. The van der Waals surface area contributed by atoms with Gasteiger partial charge in [-0.25, -0.2) is 4.79 Å². The van der Waals surface area contributed by atoms with Crippen LogP contribution in [0.4, 0.5) is 16.2 Å². The van der Waals surface area contributed by atoms with E-state index < -0.39 is 5.41 Å². The molecule has 2 rings (SSSR count). The third-order valence-corrected chi connectivity index (χ3v) is 3.65. The van der Waals surface area contributed by atoms with E-state index in [0.717, 1.165) is 0 Å². The van der Waals surface area contributed by atoms with E-state index in [9.17, 15) is 9.59 Å². The molecule has 0 aromatic heterocycles. The highest BCUT2D eigenvalue weighted by Crippen LogP contribution is 2.38. The summed E-state index contributed by atoms with van der Waals surface area (Å²) in [5.41, 5.74) is 0.655. The van der Waals surface area contributed by atoms with Crippen LogP contribution < -0.4 is 20.3 Å². The van der Waals surface area contributed by atoms with Crippen LogP contribution in [0, 0.1) is 5.41 Å². The van der Waals surface area contributed by atoms with E-state index in [1.807, 2.05) is 27.7 Å². The monoisotopic (exact) mass is 331 g/mol.